The summed E-state index contributed by atoms with van der Waals surface area (Å²) in [5.74, 6) is 0.500. The van der Waals surface area contributed by atoms with Crippen molar-refractivity contribution in [3.8, 4) is 5.75 Å². The highest BCUT2D eigenvalue weighted by Gasteiger charge is 2.44. The lowest BCUT2D eigenvalue weighted by Crippen LogP contribution is -2.42. The van der Waals surface area contributed by atoms with E-state index >= 15 is 0 Å². The van der Waals surface area contributed by atoms with E-state index in [-0.39, 0.29) is 36.2 Å². The molecule has 3 atom stereocenters. The molecular weight excluding hydrogens is 330 g/mol. The average molecular weight is 359 g/mol. The normalized spacial score (nSPS) is 25.5. The number of nitrogens with zero attached hydrogens (tertiary/aromatic N) is 1. The fourth-order valence-electron chi connectivity index (χ4n) is 3.92. The van der Waals surface area contributed by atoms with Crippen LogP contribution in [0.15, 0.2) is 24.3 Å². The number of nitrogens with one attached hydrogen (secondary N) is 2. The number of amides is 2. The van der Waals surface area contributed by atoms with E-state index in [1.165, 1.54) is 0 Å². The smallest absolute Gasteiger partial charge is 0.226 e. The van der Waals surface area contributed by atoms with Crippen LogP contribution in [0.25, 0.3) is 0 Å². The molecule has 6 heteroatoms. The number of hydrogen-bond donors (Lipinski definition) is 2. The molecule has 0 spiro atoms. The standard InChI is InChI=1S/C20H29N3O3/c1-3-4-11-23-18(24)12-17(20(25)22-15-9-10-21-13-15)19(23)14-5-7-16(26-2)8-6-14/h5-8,15,17,19,21H,3-4,9-13H2,1-2H3,(H,22,25). The highest BCUT2D eigenvalue weighted by molar-refractivity contribution is 5.90. The number of rotatable bonds is 7. The van der Waals surface area contributed by atoms with Crippen LogP contribution in [0.3, 0.4) is 0 Å². The molecule has 0 aliphatic carbocycles. The van der Waals surface area contributed by atoms with Crippen molar-refractivity contribution in [2.75, 3.05) is 26.7 Å². The van der Waals surface area contributed by atoms with Crippen molar-refractivity contribution in [1.82, 2.24) is 15.5 Å². The van der Waals surface area contributed by atoms with Gasteiger partial charge in [-0.15, -0.1) is 0 Å². The van der Waals surface area contributed by atoms with Gasteiger partial charge in [0.25, 0.3) is 0 Å². The maximum Gasteiger partial charge on any atom is 0.226 e. The van der Waals surface area contributed by atoms with Crippen molar-refractivity contribution in [3.63, 3.8) is 0 Å². The minimum atomic E-state index is -0.339. The monoisotopic (exact) mass is 359 g/mol. The Morgan fingerprint density at radius 1 is 1.35 bits per heavy atom. The molecule has 2 aliphatic heterocycles. The zero-order chi connectivity index (χ0) is 18.5. The molecular formula is C20H29N3O3. The van der Waals surface area contributed by atoms with Gasteiger partial charge in [-0.3, -0.25) is 9.59 Å². The van der Waals surface area contributed by atoms with E-state index in [2.05, 4.69) is 17.6 Å². The SMILES string of the molecule is CCCCN1C(=O)CC(C(=O)NC2CCNC2)C1c1ccc(OC)cc1. The van der Waals surface area contributed by atoms with E-state index in [0.717, 1.165) is 43.7 Å². The van der Waals surface area contributed by atoms with Crippen LogP contribution in [-0.2, 0) is 9.59 Å². The molecule has 3 unspecified atom stereocenters. The molecule has 2 aliphatic rings. The number of unbranched alkanes of at least 4 members (excludes halogenated alkanes) is 1. The number of likely N-dealkylation sites (tertiary alicyclic amines) is 1. The van der Waals surface area contributed by atoms with Crippen LogP contribution >= 0.6 is 0 Å². The minimum absolute atomic E-state index is 0.00753. The topological polar surface area (TPSA) is 70.7 Å². The molecule has 2 N–H and O–H groups in total. The fourth-order valence-corrected chi connectivity index (χ4v) is 3.92. The minimum Gasteiger partial charge on any atom is -0.497 e. The number of carbonyl (C=O) groups excluding carboxylic acids is 2. The first-order chi connectivity index (χ1) is 12.6. The Hall–Kier alpha value is -2.08. The zero-order valence-corrected chi connectivity index (χ0v) is 15.7. The van der Waals surface area contributed by atoms with Gasteiger partial charge < -0.3 is 20.3 Å². The van der Waals surface area contributed by atoms with Gasteiger partial charge in [-0.25, -0.2) is 0 Å². The van der Waals surface area contributed by atoms with Crippen molar-refractivity contribution in [2.45, 2.75) is 44.7 Å². The maximum absolute atomic E-state index is 12.9. The quantitative estimate of drug-likeness (QED) is 0.780. The third-order valence-electron chi connectivity index (χ3n) is 5.39. The van der Waals surface area contributed by atoms with Crippen molar-refractivity contribution in [2.24, 2.45) is 5.92 Å². The van der Waals surface area contributed by atoms with E-state index in [4.69, 9.17) is 4.74 Å². The number of carbonyl (C=O) groups is 2. The maximum atomic E-state index is 12.9. The predicted octanol–water partition coefficient (Wildman–Crippen LogP) is 1.86. The highest BCUT2D eigenvalue weighted by atomic mass is 16.5. The van der Waals surface area contributed by atoms with Crippen LogP contribution in [0.4, 0.5) is 0 Å². The summed E-state index contributed by atoms with van der Waals surface area (Å²) < 4.78 is 5.24. The summed E-state index contributed by atoms with van der Waals surface area (Å²) in [4.78, 5) is 27.5. The molecule has 0 aromatic heterocycles. The Kier molecular flexibility index (Phi) is 6.14. The molecule has 26 heavy (non-hydrogen) atoms. The second-order valence-electron chi connectivity index (χ2n) is 7.17. The summed E-state index contributed by atoms with van der Waals surface area (Å²) in [5.41, 5.74) is 0.998. The molecule has 2 amide bonds. The second kappa shape index (κ2) is 8.54. The largest absolute Gasteiger partial charge is 0.497 e. The first-order valence-electron chi connectivity index (χ1n) is 9.58. The molecule has 2 fully saturated rings. The predicted molar refractivity (Wildman–Crippen MR) is 99.9 cm³/mol. The van der Waals surface area contributed by atoms with Gasteiger partial charge in [-0.1, -0.05) is 25.5 Å². The Labute approximate surface area is 155 Å². The molecule has 1 aromatic rings. The van der Waals surface area contributed by atoms with Gasteiger partial charge in [0.2, 0.25) is 11.8 Å². The molecule has 1 aromatic carbocycles. The van der Waals surface area contributed by atoms with Gasteiger partial charge in [0.05, 0.1) is 19.1 Å². The van der Waals surface area contributed by atoms with Crippen molar-refractivity contribution >= 4 is 11.8 Å². The van der Waals surface area contributed by atoms with Crippen LogP contribution in [0.5, 0.6) is 5.75 Å². The lowest BCUT2D eigenvalue weighted by Gasteiger charge is -2.29. The van der Waals surface area contributed by atoms with Crippen LogP contribution in [0, 0.1) is 5.92 Å². The van der Waals surface area contributed by atoms with Gasteiger partial charge in [0.1, 0.15) is 5.75 Å². The van der Waals surface area contributed by atoms with Gasteiger partial charge >= 0.3 is 0 Å². The Balaban J connectivity index is 1.82. The Morgan fingerprint density at radius 2 is 2.12 bits per heavy atom. The average Bonchev–Trinajstić information content (AvgIpc) is 3.27. The van der Waals surface area contributed by atoms with Gasteiger partial charge in [-0.05, 0) is 37.1 Å². The summed E-state index contributed by atoms with van der Waals surface area (Å²) in [6.45, 7) is 4.54. The van der Waals surface area contributed by atoms with Crippen LogP contribution in [0.2, 0.25) is 0 Å². The summed E-state index contributed by atoms with van der Waals surface area (Å²) in [6.07, 6.45) is 3.19. The molecule has 0 bridgehead atoms. The van der Waals surface area contributed by atoms with Crippen LogP contribution in [-0.4, -0.2) is 49.5 Å². The molecule has 2 saturated heterocycles. The van der Waals surface area contributed by atoms with Gasteiger partial charge in [0, 0.05) is 25.6 Å². The van der Waals surface area contributed by atoms with Crippen LogP contribution in [0.1, 0.15) is 44.2 Å². The Bertz CT molecular complexity index is 626. The molecule has 0 saturated carbocycles. The number of benzene rings is 1. The zero-order valence-electron chi connectivity index (χ0n) is 15.7. The number of methoxy groups -OCH3 is 1. The fraction of sp³-hybridized carbons (Fsp3) is 0.600. The molecule has 0 radical (unpaired) electrons. The first kappa shape index (κ1) is 18.7. The first-order valence-corrected chi connectivity index (χ1v) is 9.58. The van der Waals surface area contributed by atoms with E-state index in [0.29, 0.717) is 6.54 Å². The Morgan fingerprint density at radius 3 is 2.73 bits per heavy atom. The molecule has 3 rings (SSSR count). The summed E-state index contributed by atoms with van der Waals surface area (Å²) >= 11 is 0. The highest BCUT2D eigenvalue weighted by Crippen LogP contribution is 2.39. The number of hydrogen-bond acceptors (Lipinski definition) is 4. The van der Waals surface area contributed by atoms with Crippen molar-refractivity contribution in [1.29, 1.82) is 0 Å². The van der Waals surface area contributed by atoms with E-state index in [1.54, 1.807) is 7.11 Å². The van der Waals surface area contributed by atoms with Crippen molar-refractivity contribution in [3.05, 3.63) is 29.8 Å². The third kappa shape index (κ3) is 4.01. The lowest BCUT2D eigenvalue weighted by molar-refractivity contribution is -0.129. The van der Waals surface area contributed by atoms with Crippen molar-refractivity contribution < 1.29 is 14.3 Å². The molecule has 2 heterocycles. The summed E-state index contributed by atoms with van der Waals surface area (Å²) in [5, 5.41) is 6.40. The number of ether oxygens (including phenoxy) is 1. The summed E-state index contributed by atoms with van der Waals surface area (Å²) in [6, 6.07) is 7.70. The lowest BCUT2D eigenvalue weighted by atomic mass is 9.92. The van der Waals surface area contributed by atoms with Gasteiger partial charge in [-0.2, -0.15) is 0 Å². The molecule has 6 nitrogen and oxygen atoms in total. The van der Waals surface area contributed by atoms with E-state index in [9.17, 15) is 9.59 Å². The van der Waals surface area contributed by atoms with Gasteiger partial charge in [0.15, 0.2) is 0 Å². The summed E-state index contributed by atoms with van der Waals surface area (Å²) in [7, 11) is 1.63. The molecule has 142 valence electrons. The van der Waals surface area contributed by atoms with E-state index < -0.39 is 0 Å². The van der Waals surface area contributed by atoms with E-state index in [1.807, 2.05) is 29.2 Å². The van der Waals surface area contributed by atoms with Crippen LogP contribution < -0.4 is 15.4 Å². The second-order valence-corrected chi connectivity index (χ2v) is 7.17. The third-order valence-corrected chi connectivity index (χ3v) is 5.39.